The van der Waals surface area contributed by atoms with Crippen LogP contribution in [0, 0.1) is 0 Å². The van der Waals surface area contributed by atoms with Crippen LogP contribution in [0.15, 0.2) is 23.7 Å². The Hall–Kier alpha value is -0.930. The zero-order valence-corrected chi connectivity index (χ0v) is 8.34. The van der Waals surface area contributed by atoms with E-state index in [1.54, 1.807) is 11.3 Å². The maximum Gasteiger partial charge on any atom is 0.0812 e. The van der Waals surface area contributed by atoms with Crippen LogP contribution in [-0.2, 0) is 0 Å². The number of fused-ring (bicyclic) bond motifs is 1. The van der Waals surface area contributed by atoms with Gasteiger partial charge in [-0.2, -0.15) is 0 Å². The molecule has 0 aliphatic heterocycles. The summed E-state index contributed by atoms with van der Waals surface area (Å²) in [6, 6.07) is 6.40. The normalized spacial score (nSPS) is 13.4. The highest BCUT2D eigenvalue weighted by Crippen LogP contribution is 2.22. The van der Waals surface area contributed by atoms with E-state index in [0.29, 0.717) is 0 Å². The molecule has 2 nitrogen and oxygen atoms in total. The van der Waals surface area contributed by atoms with Crippen LogP contribution >= 0.6 is 11.3 Å². The number of nitrogens with two attached hydrogens (primary N) is 1. The summed E-state index contributed by atoms with van der Waals surface area (Å²) >= 11 is 1.66. The minimum Gasteiger partial charge on any atom is -0.324 e. The Morgan fingerprint density at radius 2 is 2.38 bits per heavy atom. The second-order valence-corrected chi connectivity index (χ2v) is 3.98. The van der Waals surface area contributed by atoms with Gasteiger partial charge in [0.05, 0.1) is 15.7 Å². The molecule has 0 aliphatic rings. The monoisotopic (exact) mass is 192 g/mol. The lowest BCUT2D eigenvalue weighted by Gasteiger charge is -2.07. The first-order valence-corrected chi connectivity index (χ1v) is 5.28. The molecule has 0 saturated carbocycles. The molecule has 68 valence electrons. The third kappa shape index (κ3) is 1.57. The van der Waals surface area contributed by atoms with Crippen molar-refractivity contribution in [1.82, 2.24) is 4.98 Å². The number of hydrogen-bond acceptors (Lipinski definition) is 3. The van der Waals surface area contributed by atoms with E-state index < -0.39 is 0 Å². The van der Waals surface area contributed by atoms with Crippen molar-refractivity contribution in [3.63, 3.8) is 0 Å². The molecular formula is C10H12N2S. The Morgan fingerprint density at radius 1 is 1.54 bits per heavy atom. The van der Waals surface area contributed by atoms with Crippen molar-refractivity contribution < 1.29 is 0 Å². The van der Waals surface area contributed by atoms with Crippen LogP contribution in [0.1, 0.15) is 24.9 Å². The molecule has 0 saturated heterocycles. The highest BCUT2D eigenvalue weighted by molar-refractivity contribution is 7.16. The van der Waals surface area contributed by atoms with Crippen LogP contribution in [-0.4, -0.2) is 4.98 Å². The van der Waals surface area contributed by atoms with Gasteiger partial charge in [-0.15, -0.1) is 11.3 Å². The van der Waals surface area contributed by atoms with E-state index >= 15 is 0 Å². The molecule has 1 heterocycles. The van der Waals surface area contributed by atoms with E-state index in [2.05, 4.69) is 24.0 Å². The largest absolute Gasteiger partial charge is 0.324 e. The van der Waals surface area contributed by atoms with Crippen molar-refractivity contribution in [2.24, 2.45) is 5.73 Å². The fourth-order valence-corrected chi connectivity index (χ4v) is 2.06. The number of rotatable bonds is 2. The summed E-state index contributed by atoms with van der Waals surface area (Å²) in [6.07, 6.45) is 0.976. The van der Waals surface area contributed by atoms with Gasteiger partial charge in [-0.05, 0) is 24.1 Å². The van der Waals surface area contributed by atoms with Crippen LogP contribution in [0.4, 0.5) is 0 Å². The van der Waals surface area contributed by atoms with Gasteiger partial charge >= 0.3 is 0 Å². The van der Waals surface area contributed by atoms with Crippen LogP contribution in [0.25, 0.3) is 10.2 Å². The van der Waals surface area contributed by atoms with E-state index in [4.69, 9.17) is 5.73 Å². The number of aromatic nitrogens is 1. The average Bonchev–Trinajstić information content (AvgIpc) is 2.63. The van der Waals surface area contributed by atoms with E-state index in [-0.39, 0.29) is 6.04 Å². The molecule has 13 heavy (non-hydrogen) atoms. The summed E-state index contributed by atoms with van der Waals surface area (Å²) in [5, 5.41) is 0. The van der Waals surface area contributed by atoms with E-state index in [9.17, 15) is 0 Å². The van der Waals surface area contributed by atoms with Crippen LogP contribution < -0.4 is 5.73 Å². The fraction of sp³-hybridized carbons (Fsp3) is 0.300. The minimum atomic E-state index is 0.159. The Labute approximate surface area is 81.4 Å². The van der Waals surface area contributed by atoms with Crippen molar-refractivity contribution in [3.8, 4) is 0 Å². The lowest BCUT2D eigenvalue weighted by Crippen LogP contribution is -2.07. The number of benzene rings is 1. The van der Waals surface area contributed by atoms with E-state index in [1.807, 2.05) is 11.6 Å². The Morgan fingerprint density at radius 3 is 3.15 bits per heavy atom. The first-order valence-electron chi connectivity index (χ1n) is 4.40. The first-order chi connectivity index (χ1) is 6.31. The smallest absolute Gasteiger partial charge is 0.0812 e. The van der Waals surface area contributed by atoms with Gasteiger partial charge in [0.15, 0.2) is 0 Å². The third-order valence-electron chi connectivity index (χ3n) is 2.22. The van der Waals surface area contributed by atoms with Crippen LogP contribution in [0.5, 0.6) is 0 Å². The van der Waals surface area contributed by atoms with Crippen LogP contribution in [0.2, 0.25) is 0 Å². The fourth-order valence-electron chi connectivity index (χ4n) is 1.34. The van der Waals surface area contributed by atoms with Gasteiger partial charge in [0.2, 0.25) is 0 Å². The van der Waals surface area contributed by atoms with Gasteiger partial charge in [0.25, 0.3) is 0 Å². The van der Waals surface area contributed by atoms with Gasteiger partial charge in [0.1, 0.15) is 0 Å². The molecule has 0 amide bonds. The molecule has 1 aromatic carbocycles. The van der Waals surface area contributed by atoms with Crippen LogP contribution in [0.3, 0.4) is 0 Å². The van der Waals surface area contributed by atoms with Crippen molar-refractivity contribution >= 4 is 21.6 Å². The molecule has 0 aliphatic carbocycles. The SMILES string of the molecule is CCC(N)c1ccc2ncsc2c1. The maximum absolute atomic E-state index is 5.94. The third-order valence-corrected chi connectivity index (χ3v) is 3.02. The van der Waals surface area contributed by atoms with Gasteiger partial charge < -0.3 is 5.73 Å². The predicted octanol–water partition coefficient (Wildman–Crippen LogP) is 2.71. The summed E-state index contributed by atoms with van der Waals surface area (Å²) in [5.41, 5.74) is 10.1. The quantitative estimate of drug-likeness (QED) is 0.794. The highest BCUT2D eigenvalue weighted by atomic mass is 32.1. The Kier molecular flexibility index (Phi) is 2.29. The zero-order valence-electron chi connectivity index (χ0n) is 7.53. The van der Waals surface area contributed by atoms with Crippen molar-refractivity contribution in [1.29, 1.82) is 0 Å². The second-order valence-electron chi connectivity index (χ2n) is 3.09. The number of nitrogens with zero attached hydrogens (tertiary/aromatic N) is 1. The van der Waals surface area contributed by atoms with Gasteiger partial charge in [-0.3, -0.25) is 0 Å². The molecule has 1 unspecified atom stereocenters. The molecule has 0 spiro atoms. The first kappa shape index (κ1) is 8.66. The summed E-state index contributed by atoms with van der Waals surface area (Å²) in [7, 11) is 0. The number of thiazole rings is 1. The van der Waals surface area contributed by atoms with E-state index in [0.717, 1.165) is 11.9 Å². The summed E-state index contributed by atoms with van der Waals surface area (Å²) in [4.78, 5) is 4.22. The number of hydrogen-bond donors (Lipinski definition) is 1. The summed E-state index contributed by atoms with van der Waals surface area (Å²) in [6.45, 7) is 2.10. The summed E-state index contributed by atoms with van der Waals surface area (Å²) < 4.78 is 1.22. The van der Waals surface area contributed by atoms with Crippen molar-refractivity contribution in [2.75, 3.05) is 0 Å². The Balaban J connectivity index is 2.48. The van der Waals surface area contributed by atoms with Gasteiger partial charge in [-0.1, -0.05) is 13.0 Å². The Bertz CT molecular complexity index is 408. The zero-order chi connectivity index (χ0) is 9.26. The summed E-state index contributed by atoms with van der Waals surface area (Å²) in [5.74, 6) is 0. The molecule has 1 aromatic heterocycles. The molecule has 2 rings (SSSR count). The molecule has 1 atom stereocenters. The lowest BCUT2D eigenvalue weighted by molar-refractivity contribution is 0.700. The standard InChI is InChI=1S/C10H12N2S/c1-2-8(11)7-3-4-9-10(5-7)13-6-12-9/h3-6,8H,2,11H2,1H3. The maximum atomic E-state index is 5.94. The molecule has 2 aromatic rings. The molecule has 3 heteroatoms. The van der Waals surface area contributed by atoms with Crippen molar-refractivity contribution in [2.45, 2.75) is 19.4 Å². The molecular weight excluding hydrogens is 180 g/mol. The predicted molar refractivity (Wildman–Crippen MR) is 56.8 cm³/mol. The molecule has 0 fully saturated rings. The molecule has 0 radical (unpaired) electrons. The molecule has 2 N–H and O–H groups in total. The van der Waals surface area contributed by atoms with Crippen molar-refractivity contribution in [3.05, 3.63) is 29.3 Å². The highest BCUT2D eigenvalue weighted by Gasteiger charge is 2.04. The lowest BCUT2D eigenvalue weighted by atomic mass is 10.1. The second kappa shape index (κ2) is 3.44. The van der Waals surface area contributed by atoms with Gasteiger partial charge in [-0.25, -0.2) is 4.98 Å². The topological polar surface area (TPSA) is 38.9 Å². The average molecular weight is 192 g/mol. The molecule has 0 bridgehead atoms. The van der Waals surface area contributed by atoms with Gasteiger partial charge in [0, 0.05) is 6.04 Å². The van der Waals surface area contributed by atoms with E-state index in [1.165, 1.54) is 10.3 Å². The minimum absolute atomic E-state index is 0.159.